The molecule has 0 bridgehead atoms. The van der Waals surface area contributed by atoms with E-state index >= 15 is 0 Å². The average molecular weight is 365 g/mol. The topological polar surface area (TPSA) is 35.9 Å². The number of aliphatic hydroxyl groups excluding tert-OH is 1. The fraction of sp³-hybridized carbons (Fsp3) is 0.647. The van der Waals surface area contributed by atoms with E-state index in [0.717, 1.165) is 49.6 Å². The summed E-state index contributed by atoms with van der Waals surface area (Å²) >= 11 is 0. The van der Waals surface area contributed by atoms with Crippen LogP contribution in [0.5, 0.6) is 5.75 Å². The maximum atomic E-state index is 10.2. The van der Waals surface area contributed by atoms with Crippen molar-refractivity contribution in [3.05, 3.63) is 29.3 Å². The second kappa shape index (κ2) is 11.1. The lowest BCUT2D eigenvalue weighted by Gasteiger charge is -2.34. The molecule has 1 N–H and O–H groups in total. The third-order valence-corrected chi connectivity index (χ3v) is 4.21. The van der Waals surface area contributed by atoms with Gasteiger partial charge in [0, 0.05) is 32.7 Å². The molecule has 1 aromatic rings. The second-order valence-electron chi connectivity index (χ2n) is 5.92. The van der Waals surface area contributed by atoms with Gasteiger partial charge in [0.25, 0.3) is 0 Å². The number of rotatable bonds is 6. The van der Waals surface area contributed by atoms with Crippen LogP contribution in [0.25, 0.3) is 0 Å². The molecule has 1 fully saturated rings. The van der Waals surface area contributed by atoms with Crippen LogP contribution in [-0.4, -0.2) is 66.9 Å². The predicted molar refractivity (Wildman–Crippen MR) is 100 cm³/mol. The lowest BCUT2D eigenvalue weighted by Crippen LogP contribution is -2.49. The van der Waals surface area contributed by atoms with E-state index in [1.54, 1.807) is 0 Å². The average Bonchev–Trinajstić information content (AvgIpc) is 2.47. The van der Waals surface area contributed by atoms with Crippen molar-refractivity contribution < 1.29 is 9.84 Å². The first-order chi connectivity index (χ1) is 10.1. The SMILES string of the molecule is CCN1CCN(CC(O)COc2c(C)cccc2C)CC1.Cl.Cl. The molecule has 0 radical (unpaired) electrons. The first kappa shape index (κ1) is 22.5. The van der Waals surface area contributed by atoms with E-state index in [1.165, 1.54) is 0 Å². The summed E-state index contributed by atoms with van der Waals surface area (Å²) in [5.41, 5.74) is 2.25. The molecule has 6 heteroatoms. The van der Waals surface area contributed by atoms with Crippen molar-refractivity contribution in [3.8, 4) is 5.75 Å². The van der Waals surface area contributed by atoms with Crippen molar-refractivity contribution in [1.29, 1.82) is 0 Å². The lowest BCUT2D eigenvalue weighted by atomic mass is 10.1. The molecule has 0 spiro atoms. The first-order valence-corrected chi connectivity index (χ1v) is 7.92. The molecule has 1 saturated heterocycles. The maximum Gasteiger partial charge on any atom is 0.125 e. The Hall–Kier alpha value is -0.520. The zero-order valence-corrected chi connectivity index (χ0v) is 16.0. The molecular weight excluding hydrogens is 335 g/mol. The highest BCUT2D eigenvalue weighted by molar-refractivity contribution is 5.85. The number of ether oxygens (including phenoxy) is 1. The lowest BCUT2D eigenvalue weighted by molar-refractivity contribution is 0.0468. The summed E-state index contributed by atoms with van der Waals surface area (Å²) in [6, 6.07) is 6.11. The fourth-order valence-corrected chi connectivity index (χ4v) is 2.85. The maximum absolute atomic E-state index is 10.2. The van der Waals surface area contributed by atoms with Crippen molar-refractivity contribution in [2.24, 2.45) is 0 Å². The van der Waals surface area contributed by atoms with E-state index in [0.29, 0.717) is 13.2 Å². The highest BCUT2D eigenvalue weighted by atomic mass is 35.5. The molecule has 134 valence electrons. The number of hydrogen-bond acceptors (Lipinski definition) is 4. The van der Waals surface area contributed by atoms with E-state index < -0.39 is 6.10 Å². The Morgan fingerprint density at radius 1 is 1.04 bits per heavy atom. The van der Waals surface area contributed by atoms with Crippen molar-refractivity contribution in [2.45, 2.75) is 26.9 Å². The second-order valence-corrected chi connectivity index (χ2v) is 5.92. The van der Waals surface area contributed by atoms with Gasteiger partial charge in [-0.2, -0.15) is 0 Å². The number of para-hydroxylation sites is 1. The summed E-state index contributed by atoms with van der Waals surface area (Å²) in [4.78, 5) is 4.76. The summed E-state index contributed by atoms with van der Waals surface area (Å²) in [6.07, 6.45) is -0.433. The molecule has 2 rings (SSSR count). The molecule has 0 aromatic heterocycles. The van der Waals surface area contributed by atoms with Gasteiger partial charge in [-0.3, -0.25) is 4.90 Å². The predicted octanol–water partition coefficient (Wildman–Crippen LogP) is 2.52. The molecule has 0 saturated carbocycles. The molecule has 1 heterocycles. The summed E-state index contributed by atoms with van der Waals surface area (Å²) in [5.74, 6) is 0.910. The normalized spacial score (nSPS) is 17.0. The number of aryl methyl sites for hydroxylation is 2. The van der Waals surface area contributed by atoms with Crippen LogP contribution in [-0.2, 0) is 0 Å². The van der Waals surface area contributed by atoms with Crippen LogP contribution < -0.4 is 4.74 Å². The van der Waals surface area contributed by atoms with Crippen LogP contribution in [0.1, 0.15) is 18.1 Å². The van der Waals surface area contributed by atoms with Crippen molar-refractivity contribution >= 4 is 24.8 Å². The zero-order valence-electron chi connectivity index (χ0n) is 14.3. The largest absolute Gasteiger partial charge is 0.490 e. The molecule has 1 aliphatic rings. The van der Waals surface area contributed by atoms with Gasteiger partial charge in [-0.1, -0.05) is 25.1 Å². The highest BCUT2D eigenvalue weighted by Gasteiger charge is 2.18. The van der Waals surface area contributed by atoms with Crippen LogP contribution >= 0.6 is 24.8 Å². The Balaban J connectivity index is 0.00000242. The van der Waals surface area contributed by atoms with Gasteiger partial charge in [0.05, 0.1) is 0 Å². The van der Waals surface area contributed by atoms with Crippen LogP contribution in [0.4, 0.5) is 0 Å². The molecule has 1 aliphatic heterocycles. The van der Waals surface area contributed by atoms with Gasteiger partial charge in [0.2, 0.25) is 0 Å². The van der Waals surface area contributed by atoms with Gasteiger partial charge in [0.15, 0.2) is 0 Å². The van der Waals surface area contributed by atoms with E-state index in [-0.39, 0.29) is 24.8 Å². The Bertz CT molecular complexity index is 432. The summed E-state index contributed by atoms with van der Waals surface area (Å²) < 4.78 is 5.83. The Morgan fingerprint density at radius 3 is 2.09 bits per heavy atom. The van der Waals surface area contributed by atoms with Crippen LogP contribution in [0.2, 0.25) is 0 Å². The molecule has 0 aliphatic carbocycles. The Kier molecular flexibility index (Phi) is 10.9. The minimum Gasteiger partial charge on any atom is -0.490 e. The van der Waals surface area contributed by atoms with E-state index in [1.807, 2.05) is 32.0 Å². The minimum atomic E-state index is -0.433. The molecular formula is C17H30Cl2N2O2. The summed E-state index contributed by atoms with van der Waals surface area (Å²) in [5, 5.41) is 10.2. The Morgan fingerprint density at radius 2 is 1.57 bits per heavy atom. The van der Waals surface area contributed by atoms with Gasteiger partial charge in [-0.05, 0) is 31.5 Å². The first-order valence-electron chi connectivity index (χ1n) is 7.92. The number of aliphatic hydroxyl groups is 1. The molecule has 23 heavy (non-hydrogen) atoms. The van der Waals surface area contributed by atoms with Crippen molar-refractivity contribution in [2.75, 3.05) is 45.9 Å². The van der Waals surface area contributed by atoms with Gasteiger partial charge >= 0.3 is 0 Å². The van der Waals surface area contributed by atoms with E-state index in [4.69, 9.17) is 4.74 Å². The summed E-state index contributed by atoms with van der Waals surface area (Å²) in [6.45, 7) is 12.7. The number of benzene rings is 1. The number of piperazine rings is 1. The molecule has 1 unspecified atom stereocenters. The van der Waals surface area contributed by atoms with Crippen molar-refractivity contribution in [1.82, 2.24) is 9.80 Å². The third-order valence-electron chi connectivity index (χ3n) is 4.21. The smallest absolute Gasteiger partial charge is 0.125 e. The standard InChI is InChI=1S/C17H28N2O2.2ClH/c1-4-18-8-10-19(11-9-18)12-16(20)13-21-17-14(2)6-5-7-15(17)3;;/h5-7,16,20H,4,8-13H2,1-3H3;2*1H. The summed E-state index contributed by atoms with van der Waals surface area (Å²) in [7, 11) is 0. The van der Waals surface area contributed by atoms with Gasteiger partial charge in [-0.15, -0.1) is 24.8 Å². The minimum absolute atomic E-state index is 0. The van der Waals surface area contributed by atoms with Gasteiger partial charge in [-0.25, -0.2) is 0 Å². The third kappa shape index (κ3) is 6.86. The number of hydrogen-bond donors (Lipinski definition) is 1. The number of likely N-dealkylation sites (N-methyl/N-ethyl adjacent to an activating group) is 1. The van der Waals surface area contributed by atoms with Crippen molar-refractivity contribution in [3.63, 3.8) is 0 Å². The molecule has 0 amide bonds. The highest BCUT2D eigenvalue weighted by Crippen LogP contribution is 2.22. The van der Waals surface area contributed by atoms with Crippen LogP contribution in [0.15, 0.2) is 18.2 Å². The van der Waals surface area contributed by atoms with E-state index in [2.05, 4.69) is 16.7 Å². The monoisotopic (exact) mass is 364 g/mol. The van der Waals surface area contributed by atoms with Gasteiger partial charge < -0.3 is 14.7 Å². The molecule has 1 aromatic carbocycles. The molecule has 1 atom stereocenters. The zero-order chi connectivity index (χ0) is 15.2. The van der Waals surface area contributed by atoms with Crippen LogP contribution in [0, 0.1) is 13.8 Å². The van der Waals surface area contributed by atoms with E-state index in [9.17, 15) is 5.11 Å². The Labute approximate surface area is 152 Å². The number of β-amino-alcohol motifs (C(OH)–C–C–N with tert-alkyl or cyclic N) is 1. The van der Waals surface area contributed by atoms with Crippen LogP contribution in [0.3, 0.4) is 0 Å². The fourth-order valence-electron chi connectivity index (χ4n) is 2.85. The van der Waals surface area contributed by atoms with Gasteiger partial charge in [0.1, 0.15) is 18.5 Å². The molecule has 4 nitrogen and oxygen atoms in total. The number of halogens is 2. The quantitative estimate of drug-likeness (QED) is 0.841. The number of nitrogens with zero attached hydrogens (tertiary/aromatic N) is 2.